The Morgan fingerprint density at radius 2 is 1.71 bits per heavy atom. The van der Waals surface area contributed by atoms with E-state index in [1.807, 2.05) is 50.2 Å². The summed E-state index contributed by atoms with van der Waals surface area (Å²) in [4.78, 5) is 14.1. The fourth-order valence-corrected chi connectivity index (χ4v) is 2.33. The zero-order chi connectivity index (χ0) is 15.2. The molecule has 0 radical (unpaired) electrons. The van der Waals surface area contributed by atoms with Crippen molar-refractivity contribution in [3.8, 4) is 0 Å². The number of hydrogen-bond donors (Lipinski definition) is 1. The quantitative estimate of drug-likeness (QED) is 0.902. The van der Waals surface area contributed by atoms with Gasteiger partial charge in [0.1, 0.15) is 0 Å². The van der Waals surface area contributed by atoms with E-state index in [0.29, 0.717) is 13.1 Å². The van der Waals surface area contributed by atoms with Gasteiger partial charge in [-0.05, 0) is 44.0 Å². The summed E-state index contributed by atoms with van der Waals surface area (Å²) < 4.78 is 0. The lowest BCUT2D eigenvalue weighted by atomic mass is 10.1. The Morgan fingerprint density at radius 3 is 2.33 bits per heavy atom. The molecule has 0 aliphatic heterocycles. The Morgan fingerprint density at radius 1 is 1.05 bits per heavy atom. The lowest BCUT2D eigenvalue weighted by Gasteiger charge is -2.22. The number of benzene rings is 2. The molecule has 1 N–H and O–H groups in total. The predicted octanol–water partition coefficient (Wildman–Crippen LogP) is 4.04. The van der Waals surface area contributed by atoms with Crippen LogP contribution in [0.1, 0.15) is 23.6 Å². The molecule has 3 heteroatoms. The van der Waals surface area contributed by atoms with Crippen LogP contribution in [0.2, 0.25) is 0 Å². The van der Waals surface area contributed by atoms with Gasteiger partial charge in [-0.3, -0.25) is 4.90 Å². The standard InChI is InChI=1S/C18H22N2O/c1-4-20(17-10-6-8-15(3)12-17)18(21)19-13-16-9-5-7-14(2)11-16/h5-12H,4,13H2,1-3H3,(H,19,21). The van der Waals surface area contributed by atoms with Crippen molar-refractivity contribution in [2.45, 2.75) is 27.3 Å². The minimum atomic E-state index is -0.0652. The number of hydrogen-bond acceptors (Lipinski definition) is 1. The summed E-state index contributed by atoms with van der Waals surface area (Å²) in [7, 11) is 0. The molecule has 21 heavy (non-hydrogen) atoms. The molecule has 0 aliphatic carbocycles. The number of nitrogens with one attached hydrogen (secondary N) is 1. The van der Waals surface area contributed by atoms with E-state index in [2.05, 4.69) is 24.4 Å². The van der Waals surface area contributed by atoms with Crippen LogP contribution in [-0.4, -0.2) is 12.6 Å². The molecule has 2 rings (SSSR count). The maximum atomic E-state index is 12.4. The summed E-state index contributed by atoms with van der Waals surface area (Å²) in [5, 5.41) is 2.98. The number of anilines is 1. The largest absolute Gasteiger partial charge is 0.334 e. The highest BCUT2D eigenvalue weighted by Gasteiger charge is 2.13. The van der Waals surface area contributed by atoms with Crippen LogP contribution in [0.3, 0.4) is 0 Å². The molecule has 0 saturated carbocycles. The minimum Gasteiger partial charge on any atom is -0.334 e. The van der Waals surface area contributed by atoms with Crippen LogP contribution in [0.25, 0.3) is 0 Å². The van der Waals surface area contributed by atoms with Crippen LogP contribution in [0, 0.1) is 13.8 Å². The second kappa shape index (κ2) is 6.93. The highest BCUT2D eigenvalue weighted by Crippen LogP contribution is 2.16. The highest BCUT2D eigenvalue weighted by atomic mass is 16.2. The van der Waals surface area contributed by atoms with Crippen LogP contribution < -0.4 is 10.2 Å². The van der Waals surface area contributed by atoms with Crippen LogP contribution in [0.15, 0.2) is 48.5 Å². The van der Waals surface area contributed by atoms with Crippen LogP contribution >= 0.6 is 0 Å². The number of urea groups is 1. The Balaban J connectivity index is 2.04. The molecule has 0 bridgehead atoms. The third-order valence-electron chi connectivity index (χ3n) is 3.40. The second-order valence-corrected chi connectivity index (χ2v) is 5.23. The molecule has 3 nitrogen and oxygen atoms in total. The maximum absolute atomic E-state index is 12.4. The molecule has 2 aromatic carbocycles. The Labute approximate surface area is 126 Å². The van der Waals surface area contributed by atoms with Crippen molar-refractivity contribution < 1.29 is 4.79 Å². The van der Waals surface area contributed by atoms with Crippen molar-refractivity contribution in [2.24, 2.45) is 0 Å². The first-order valence-corrected chi connectivity index (χ1v) is 7.27. The first-order valence-electron chi connectivity index (χ1n) is 7.27. The molecule has 0 spiro atoms. The van der Waals surface area contributed by atoms with Crippen LogP contribution in [-0.2, 0) is 6.54 Å². The number of amides is 2. The number of carbonyl (C=O) groups is 1. The van der Waals surface area contributed by atoms with E-state index in [-0.39, 0.29) is 6.03 Å². The number of carbonyl (C=O) groups excluding carboxylic acids is 1. The molecule has 0 heterocycles. The van der Waals surface area contributed by atoms with Gasteiger partial charge in [0, 0.05) is 18.8 Å². The van der Waals surface area contributed by atoms with Gasteiger partial charge in [-0.2, -0.15) is 0 Å². The average molecular weight is 282 g/mol. The third-order valence-corrected chi connectivity index (χ3v) is 3.40. The van der Waals surface area contributed by atoms with E-state index in [0.717, 1.165) is 16.8 Å². The van der Waals surface area contributed by atoms with Gasteiger partial charge in [0.05, 0.1) is 0 Å². The number of aryl methyl sites for hydroxylation is 2. The van der Waals surface area contributed by atoms with Gasteiger partial charge in [0.2, 0.25) is 0 Å². The zero-order valence-corrected chi connectivity index (χ0v) is 12.9. The minimum absolute atomic E-state index is 0.0652. The topological polar surface area (TPSA) is 32.3 Å². The van der Waals surface area contributed by atoms with Crippen molar-refractivity contribution in [3.63, 3.8) is 0 Å². The van der Waals surface area contributed by atoms with E-state index in [1.165, 1.54) is 5.56 Å². The molecule has 2 aromatic rings. The highest BCUT2D eigenvalue weighted by molar-refractivity contribution is 5.91. The summed E-state index contributed by atoms with van der Waals surface area (Å²) >= 11 is 0. The van der Waals surface area contributed by atoms with E-state index in [4.69, 9.17) is 0 Å². The molecule has 0 aromatic heterocycles. The fourth-order valence-electron chi connectivity index (χ4n) is 2.33. The lowest BCUT2D eigenvalue weighted by Crippen LogP contribution is -2.39. The van der Waals surface area contributed by atoms with Crippen molar-refractivity contribution in [1.82, 2.24) is 5.32 Å². The average Bonchev–Trinajstić information content (AvgIpc) is 2.46. The van der Waals surface area contributed by atoms with Crippen LogP contribution in [0.5, 0.6) is 0 Å². The van der Waals surface area contributed by atoms with E-state index < -0.39 is 0 Å². The monoisotopic (exact) mass is 282 g/mol. The molecular formula is C18H22N2O. The summed E-state index contributed by atoms with van der Waals surface area (Å²) in [5.41, 5.74) is 4.40. The van der Waals surface area contributed by atoms with Crippen molar-refractivity contribution >= 4 is 11.7 Å². The normalized spacial score (nSPS) is 10.2. The Bertz CT molecular complexity index is 622. The first kappa shape index (κ1) is 15.1. The third kappa shape index (κ3) is 4.09. The van der Waals surface area contributed by atoms with E-state index in [1.54, 1.807) is 4.90 Å². The Kier molecular flexibility index (Phi) is 4.99. The van der Waals surface area contributed by atoms with Gasteiger partial charge < -0.3 is 5.32 Å². The van der Waals surface area contributed by atoms with Crippen molar-refractivity contribution in [3.05, 3.63) is 65.2 Å². The van der Waals surface area contributed by atoms with Gasteiger partial charge in [0.25, 0.3) is 0 Å². The Hall–Kier alpha value is -2.29. The molecule has 0 unspecified atom stereocenters. The summed E-state index contributed by atoms with van der Waals surface area (Å²) in [6.07, 6.45) is 0. The SMILES string of the molecule is CCN(C(=O)NCc1cccc(C)c1)c1cccc(C)c1. The van der Waals surface area contributed by atoms with Gasteiger partial charge in [-0.25, -0.2) is 4.79 Å². The fraction of sp³-hybridized carbons (Fsp3) is 0.278. The van der Waals surface area contributed by atoms with E-state index >= 15 is 0 Å². The molecule has 110 valence electrons. The van der Waals surface area contributed by atoms with Gasteiger partial charge in [0.15, 0.2) is 0 Å². The molecule has 0 saturated heterocycles. The maximum Gasteiger partial charge on any atom is 0.322 e. The van der Waals surface area contributed by atoms with Crippen molar-refractivity contribution in [1.29, 1.82) is 0 Å². The molecular weight excluding hydrogens is 260 g/mol. The molecule has 0 atom stereocenters. The molecule has 0 aliphatic rings. The smallest absolute Gasteiger partial charge is 0.322 e. The first-order chi connectivity index (χ1) is 10.1. The predicted molar refractivity (Wildman–Crippen MR) is 87.6 cm³/mol. The zero-order valence-electron chi connectivity index (χ0n) is 12.9. The van der Waals surface area contributed by atoms with E-state index in [9.17, 15) is 4.79 Å². The lowest BCUT2D eigenvalue weighted by molar-refractivity contribution is 0.246. The van der Waals surface area contributed by atoms with Crippen molar-refractivity contribution in [2.75, 3.05) is 11.4 Å². The van der Waals surface area contributed by atoms with Gasteiger partial charge in [-0.1, -0.05) is 42.0 Å². The number of nitrogens with zero attached hydrogens (tertiary/aromatic N) is 1. The van der Waals surface area contributed by atoms with Gasteiger partial charge in [-0.15, -0.1) is 0 Å². The van der Waals surface area contributed by atoms with Gasteiger partial charge >= 0.3 is 6.03 Å². The molecule has 2 amide bonds. The van der Waals surface area contributed by atoms with Crippen LogP contribution in [0.4, 0.5) is 10.5 Å². The summed E-state index contributed by atoms with van der Waals surface area (Å²) in [6, 6.07) is 16.1. The molecule has 0 fully saturated rings. The number of rotatable bonds is 4. The summed E-state index contributed by atoms with van der Waals surface area (Å²) in [6.45, 7) is 7.25. The second-order valence-electron chi connectivity index (χ2n) is 5.23. The summed E-state index contributed by atoms with van der Waals surface area (Å²) in [5.74, 6) is 0.